The summed E-state index contributed by atoms with van der Waals surface area (Å²) in [5, 5.41) is 14.1. The molecule has 1 aromatic carbocycles. The molecule has 1 amide bonds. The summed E-state index contributed by atoms with van der Waals surface area (Å²) in [6.07, 6.45) is 1.35. The Kier molecular flexibility index (Phi) is 4.86. The minimum atomic E-state index is -0.653. The maximum Gasteiger partial charge on any atom is 0.433 e. The molecule has 0 aliphatic heterocycles. The molecule has 0 fully saturated rings. The zero-order valence-corrected chi connectivity index (χ0v) is 11.7. The van der Waals surface area contributed by atoms with Gasteiger partial charge in [-0.3, -0.25) is 14.9 Å². The molecule has 0 aliphatic carbocycles. The number of carbonyl (C=O) groups excluding carboxylic acids is 1. The number of hydrazone groups is 1. The molecule has 0 radical (unpaired) electrons. The smallest absolute Gasteiger partial charge is 0.433 e. The van der Waals surface area contributed by atoms with Crippen molar-refractivity contribution in [2.24, 2.45) is 5.10 Å². The average molecular weight is 303 g/mol. The number of nitrogens with one attached hydrogen (secondary N) is 1. The van der Waals surface area contributed by atoms with Crippen LogP contribution in [0.2, 0.25) is 0 Å². The highest BCUT2D eigenvalue weighted by Crippen LogP contribution is 2.14. The van der Waals surface area contributed by atoms with Crippen LogP contribution < -0.4 is 10.2 Å². The Morgan fingerprint density at radius 1 is 1.36 bits per heavy atom. The quantitative estimate of drug-likeness (QED) is 0.498. The number of nitro groups is 1. The van der Waals surface area contributed by atoms with Crippen molar-refractivity contribution >= 4 is 18.0 Å². The van der Waals surface area contributed by atoms with Gasteiger partial charge in [0.05, 0.1) is 25.8 Å². The number of amides is 1. The topological polar surface area (TPSA) is 107 Å². The molecule has 0 spiro atoms. The number of benzene rings is 1. The van der Waals surface area contributed by atoms with Crippen LogP contribution in [0.4, 0.5) is 5.88 Å². The standard InChI is InChI=1S/C14H13N3O5/c1-21-11-4-2-10(3-5-11)8-13(18)16-15-9-12-6-7-14(22-12)17(19)20/h2-7,9H,8H2,1H3,(H,16,18)/b15-9-. The maximum absolute atomic E-state index is 11.7. The number of furan rings is 1. The normalized spacial score (nSPS) is 10.6. The number of hydrogen-bond donors (Lipinski definition) is 1. The van der Waals surface area contributed by atoms with Gasteiger partial charge in [-0.05, 0) is 23.8 Å². The van der Waals surface area contributed by atoms with Gasteiger partial charge >= 0.3 is 5.88 Å². The molecule has 0 aliphatic rings. The van der Waals surface area contributed by atoms with Gasteiger partial charge in [0.25, 0.3) is 0 Å². The summed E-state index contributed by atoms with van der Waals surface area (Å²) in [4.78, 5) is 21.5. The molecule has 1 heterocycles. The Morgan fingerprint density at radius 2 is 2.09 bits per heavy atom. The molecule has 2 rings (SSSR count). The van der Waals surface area contributed by atoms with Crippen molar-refractivity contribution in [2.45, 2.75) is 6.42 Å². The van der Waals surface area contributed by atoms with Gasteiger partial charge in [0.2, 0.25) is 5.91 Å². The number of rotatable bonds is 6. The first-order valence-electron chi connectivity index (χ1n) is 6.27. The molecular weight excluding hydrogens is 290 g/mol. The summed E-state index contributed by atoms with van der Waals surface area (Å²) in [5.41, 5.74) is 3.12. The Balaban J connectivity index is 1.85. The Bertz CT molecular complexity index is 691. The van der Waals surface area contributed by atoms with Crippen molar-refractivity contribution < 1.29 is 18.9 Å². The van der Waals surface area contributed by atoms with Crippen molar-refractivity contribution in [2.75, 3.05) is 7.11 Å². The van der Waals surface area contributed by atoms with E-state index in [1.807, 2.05) is 0 Å². The van der Waals surface area contributed by atoms with Gasteiger partial charge in [-0.1, -0.05) is 12.1 Å². The lowest BCUT2D eigenvalue weighted by atomic mass is 10.1. The lowest BCUT2D eigenvalue weighted by molar-refractivity contribution is -0.402. The van der Waals surface area contributed by atoms with Crippen molar-refractivity contribution in [3.63, 3.8) is 0 Å². The Morgan fingerprint density at radius 3 is 2.68 bits per heavy atom. The van der Waals surface area contributed by atoms with Gasteiger partial charge in [-0.15, -0.1) is 0 Å². The minimum Gasteiger partial charge on any atom is -0.497 e. The molecule has 114 valence electrons. The molecule has 2 aromatic rings. The molecule has 0 bridgehead atoms. The van der Waals surface area contributed by atoms with E-state index in [9.17, 15) is 14.9 Å². The van der Waals surface area contributed by atoms with Crippen molar-refractivity contribution in [1.82, 2.24) is 5.43 Å². The summed E-state index contributed by atoms with van der Waals surface area (Å²) in [7, 11) is 1.56. The molecule has 0 saturated carbocycles. The SMILES string of the molecule is COc1ccc(CC(=O)N/N=C\c2ccc([N+](=O)[O-])o2)cc1. The first-order valence-corrected chi connectivity index (χ1v) is 6.27. The predicted octanol–water partition coefficient (Wildman–Crippen LogP) is 1.89. The molecule has 1 aromatic heterocycles. The average Bonchev–Trinajstić information content (AvgIpc) is 2.97. The molecular formula is C14H13N3O5. The van der Waals surface area contributed by atoms with Crippen LogP contribution in [0.3, 0.4) is 0 Å². The first-order chi connectivity index (χ1) is 10.6. The Labute approximate surface area is 125 Å². The van der Waals surface area contributed by atoms with E-state index in [0.717, 1.165) is 5.56 Å². The second-order valence-electron chi connectivity index (χ2n) is 4.25. The fraction of sp³-hybridized carbons (Fsp3) is 0.143. The van der Waals surface area contributed by atoms with E-state index >= 15 is 0 Å². The second kappa shape index (κ2) is 7.02. The zero-order valence-electron chi connectivity index (χ0n) is 11.7. The third kappa shape index (κ3) is 4.17. The molecule has 0 atom stereocenters. The summed E-state index contributed by atoms with van der Waals surface area (Å²) in [6.45, 7) is 0. The van der Waals surface area contributed by atoms with E-state index in [0.29, 0.717) is 5.75 Å². The van der Waals surface area contributed by atoms with E-state index < -0.39 is 4.92 Å². The Hall–Kier alpha value is -3.16. The van der Waals surface area contributed by atoms with E-state index in [1.54, 1.807) is 31.4 Å². The third-order valence-corrected chi connectivity index (χ3v) is 2.70. The van der Waals surface area contributed by atoms with Gasteiger partial charge in [0, 0.05) is 0 Å². The highest BCUT2D eigenvalue weighted by molar-refractivity contribution is 5.81. The first kappa shape index (κ1) is 15.2. The molecule has 8 nitrogen and oxygen atoms in total. The van der Waals surface area contributed by atoms with Gasteiger partial charge in [0.15, 0.2) is 5.76 Å². The van der Waals surface area contributed by atoms with E-state index in [4.69, 9.17) is 9.15 Å². The van der Waals surface area contributed by atoms with Crippen molar-refractivity contribution in [3.05, 3.63) is 57.8 Å². The van der Waals surface area contributed by atoms with Crippen LogP contribution in [0.15, 0.2) is 45.9 Å². The van der Waals surface area contributed by atoms with Gasteiger partial charge < -0.3 is 9.15 Å². The van der Waals surface area contributed by atoms with E-state index in [1.165, 1.54) is 18.3 Å². The zero-order chi connectivity index (χ0) is 15.9. The fourth-order valence-corrected chi connectivity index (χ4v) is 1.65. The van der Waals surface area contributed by atoms with E-state index in [-0.39, 0.29) is 24.0 Å². The van der Waals surface area contributed by atoms with Gasteiger partial charge in [-0.25, -0.2) is 5.43 Å². The predicted molar refractivity (Wildman–Crippen MR) is 77.8 cm³/mol. The largest absolute Gasteiger partial charge is 0.497 e. The number of carbonyl (C=O) groups is 1. The minimum absolute atomic E-state index is 0.152. The van der Waals surface area contributed by atoms with Crippen LogP contribution in [0.25, 0.3) is 0 Å². The van der Waals surface area contributed by atoms with Crippen LogP contribution in [0, 0.1) is 10.1 Å². The molecule has 8 heteroatoms. The molecule has 22 heavy (non-hydrogen) atoms. The van der Waals surface area contributed by atoms with Crippen LogP contribution in [-0.2, 0) is 11.2 Å². The fourth-order valence-electron chi connectivity index (χ4n) is 1.65. The summed E-state index contributed by atoms with van der Waals surface area (Å²) in [5.74, 6) is 0.187. The number of ether oxygens (including phenoxy) is 1. The summed E-state index contributed by atoms with van der Waals surface area (Å²) >= 11 is 0. The van der Waals surface area contributed by atoms with Crippen molar-refractivity contribution in [3.8, 4) is 5.75 Å². The number of nitrogens with zero attached hydrogens (tertiary/aromatic N) is 2. The second-order valence-corrected chi connectivity index (χ2v) is 4.25. The highest BCUT2D eigenvalue weighted by Gasteiger charge is 2.10. The van der Waals surface area contributed by atoms with E-state index in [2.05, 4.69) is 10.5 Å². The van der Waals surface area contributed by atoms with Crippen LogP contribution in [0.5, 0.6) is 5.75 Å². The van der Waals surface area contributed by atoms with Crippen LogP contribution >= 0.6 is 0 Å². The van der Waals surface area contributed by atoms with Gasteiger partial charge in [-0.2, -0.15) is 5.10 Å². The highest BCUT2D eigenvalue weighted by atomic mass is 16.6. The molecule has 1 N–H and O–H groups in total. The monoisotopic (exact) mass is 303 g/mol. The third-order valence-electron chi connectivity index (χ3n) is 2.70. The van der Waals surface area contributed by atoms with Crippen LogP contribution in [-0.4, -0.2) is 24.2 Å². The molecule has 0 saturated heterocycles. The lowest BCUT2D eigenvalue weighted by Gasteiger charge is -2.02. The lowest BCUT2D eigenvalue weighted by Crippen LogP contribution is -2.19. The summed E-state index contributed by atoms with van der Waals surface area (Å²) < 4.78 is 9.88. The number of hydrogen-bond acceptors (Lipinski definition) is 6. The summed E-state index contributed by atoms with van der Waals surface area (Å²) in [6, 6.07) is 9.66. The number of methoxy groups -OCH3 is 1. The maximum atomic E-state index is 11.7. The van der Waals surface area contributed by atoms with Crippen molar-refractivity contribution in [1.29, 1.82) is 0 Å². The van der Waals surface area contributed by atoms with Gasteiger partial charge in [0.1, 0.15) is 10.7 Å². The molecule has 0 unspecified atom stereocenters. The van der Waals surface area contributed by atoms with Crippen LogP contribution in [0.1, 0.15) is 11.3 Å².